The molecule has 3 rings (SSSR count). The van der Waals surface area contributed by atoms with Crippen molar-refractivity contribution in [1.82, 2.24) is 4.90 Å². The van der Waals surface area contributed by atoms with Crippen molar-refractivity contribution in [3.05, 3.63) is 59.9 Å². The Balaban J connectivity index is 1.68. The van der Waals surface area contributed by atoms with Crippen LogP contribution >= 0.6 is 0 Å². The maximum Gasteiger partial charge on any atom is 0.219 e. The van der Waals surface area contributed by atoms with E-state index in [1.165, 1.54) is 12.1 Å². The van der Waals surface area contributed by atoms with E-state index in [-0.39, 0.29) is 23.4 Å². The van der Waals surface area contributed by atoms with Crippen LogP contribution in [0.1, 0.15) is 30.1 Å². The summed E-state index contributed by atoms with van der Waals surface area (Å²) in [5, 5.41) is 0. The molecule has 1 saturated heterocycles. The zero-order valence-corrected chi connectivity index (χ0v) is 13.7. The van der Waals surface area contributed by atoms with Crippen LogP contribution in [0.25, 0.3) is 11.1 Å². The van der Waals surface area contributed by atoms with Crippen molar-refractivity contribution in [3.8, 4) is 11.1 Å². The monoisotopic (exact) mass is 325 g/mol. The van der Waals surface area contributed by atoms with Gasteiger partial charge in [-0.3, -0.25) is 9.59 Å². The fourth-order valence-corrected chi connectivity index (χ4v) is 3.16. The first-order valence-corrected chi connectivity index (χ1v) is 8.20. The number of Topliss-reactive ketones (excluding diaryl/α,β-unsaturated/α-hetero) is 1. The van der Waals surface area contributed by atoms with Crippen LogP contribution in [0.4, 0.5) is 4.39 Å². The van der Waals surface area contributed by atoms with Crippen molar-refractivity contribution in [2.75, 3.05) is 13.1 Å². The van der Waals surface area contributed by atoms with Crippen molar-refractivity contribution < 1.29 is 14.0 Å². The van der Waals surface area contributed by atoms with Crippen molar-refractivity contribution in [1.29, 1.82) is 0 Å². The summed E-state index contributed by atoms with van der Waals surface area (Å²) >= 11 is 0. The number of piperidine rings is 1. The minimum atomic E-state index is -0.262. The number of hydrogen-bond donors (Lipinski definition) is 0. The van der Waals surface area contributed by atoms with E-state index in [1.54, 1.807) is 24.0 Å². The van der Waals surface area contributed by atoms with Crippen LogP contribution in [0.15, 0.2) is 48.5 Å². The van der Waals surface area contributed by atoms with Gasteiger partial charge < -0.3 is 4.90 Å². The van der Waals surface area contributed by atoms with Crippen LogP contribution in [-0.4, -0.2) is 29.7 Å². The molecular formula is C20H20FNO2. The molecule has 4 heteroatoms. The second-order valence-electron chi connectivity index (χ2n) is 6.23. The molecule has 0 aliphatic carbocycles. The normalized spacial score (nSPS) is 15.3. The van der Waals surface area contributed by atoms with E-state index in [2.05, 4.69) is 0 Å². The van der Waals surface area contributed by atoms with Gasteiger partial charge in [-0.25, -0.2) is 4.39 Å². The number of carbonyl (C=O) groups excluding carboxylic acids is 2. The zero-order chi connectivity index (χ0) is 17.1. The molecule has 0 N–H and O–H groups in total. The van der Waals surface area contributed by atoms with Crippen molar-refractivity contribution >= 4 is 11.7 Å². The Hall–Kier alpha value is -2.49. The first-order chi connectivity index (χ1) is 11.5. The van der Waals surface area contributed by atoms with Crippen LogP contribution in [0.2, 0.25) is 0 Å². The Kier molecular flexibility index (Phi) is 4.74. The molecule has 2 aromatic rings. The smallest absolute Gasteiger partial charge is 0.219 e. The molecular weight excluding hydrogens is 305 g/mol. The molecule has 1 aliphatic heterocycles. The molecule has 2 aromatic carbocycles. The van der Waals surface area contributed by atoms with Gasteiger partial charge in [0.05, 0.1) is 0 Å². The molecule has 24 heavy (non-hydrogen) atoms. The standard InChI is InChI=1S/C20H20FNO2/c1-14(23)22-12-10-18(11-13-22)20(24)17-4-2-15(3-5-17)16-6-8-19(21)9-7-16/h2-9,18H,10-13H2,1H3. The third kappa shape index (κ3) is 3.53. The maximum atomic E-state index is 13.0. The second-order valence-corrected chi connectivity index (χ2v) is 6.23. The number of rotatable bonds is 3. The average Bonchev–Trinajstić information content (AvgIpc) is 2.62. The molecule has 0 aromatic heterocycles. The first kappa shape index (κ1) is 16.4. The summed E-state index contributed by atoms with van der Waals surface area (Å²) in [7, 11) is 0. The Morgan fingerprint density at radius 1 is 0.917 bits per heavy atom. The van der Waals surface area contributed by atoms with Crippen LogP contribution in [0.3, 0.4) is 0 Å². The molecule has 124 valence electrons. The van der Waals surface area contributed by atoms with Gasteiger partial charge in [-0.2, -0.15) is 0 Å². The molecule has 0 bridgehead atoms. The Bertz CT molecular complexity index is 729. The Morgan fingerprint density at radius 3 is 1.92 bits per heavy atom. The summed E-state index contributed by atoms with van der Waals surface area (Å²) in [6.07, 6.45) is 1.44. The number of amides is 1. The highest BCUT2D eigenvalue weighted by Gasteiger charge is 2.26. The summed E-state index contributed by atoms with van der Waals surface area (Å²) in [5.74, 6) is -0.0619. The minimum Gasteiger partial charge on any atom is -0.343 e. The maximum absolute atomic E-state index is 13.0. The first-order valence-electron chi connectivity index (χ1n) is 8.20. The van der Waals surface area contributed by atoms with Crippen molar-refractivity contribution in [2.45, 2.75) is 19.8 Å². The van der Waals surface area contributed by atoms with E-state index < -0.39 is 0 Å². The molecule has 0 atom stereocenters. The zero-order valence-electron chi connectivity index (χ0n) is 13.7. The van der Waals surface area contributed by atoms with Gasteiger partial charge in [-0.15, -0.1) is 0 Å². The highest BCUT2D eigenvalue weighted by atomic mass is 19.1. The van der Waals surface area contributed by atoms with Crippen LogP contribution in [-0.2, 0) is 4.79 Å². The molecule has 0 spiro atoms. The van der Waals surface area contributed by atoms with Gasteiger partial charge in [0, 0.05) is 31.5 Å². The fraction of sp³-hybridized carbons (Fsp3) is 0.300. The van der Waals surface area contributed by atoms with E-state index in [0.29, 0.717) is 18.7 Å². The highest BCUT2D eigenvalue weighted by Crippen LogP contribution is 2.24. The van der Waals surface area contributed by atoms with Gasteiger partial charge in [0.25, 0.3) is 0 Å². The highest BCUT2D eigenvalue weighted by molar-refractivity contribution is 5.98. The van der Waals surface area contributed by atoms with Crippen LogP contribution < -0.4 is 0 Å². The van der Waals surface area contributed by atoms with Crippen LogP contribution in [0, 0.1) is 11.7 Å². The van der Waals surface area contributed by atoms with Gasteiger partial charge in [0.2, 0.25) is 5.91 Å². The van der Waals surface area contributed by atoms with E-state index in [0.717, 1.165) is 24.0 Å². The predicted octanol–water partition coefficient (Wildman–Crippen LogP) is 3.93. The summed E-state index contributed by atoms with van der Waals surface area (Å²) in [5.41, 5.74) is 2.57. The quantitative estimate of drug-likeness (QED) is 0.802. The summed E-state index contributed by atoms with van der Waals surface area (Å²) in [4.78, 5) is 25.8. The number of halogens is 1. The molecule has 1 amide bonds. The summed E-state index contributed by atoms with van der Waals surface area (Å²) in [6.45, 7) is 2.87. The SMILES string of the molecule is CC(=O)N1CCC(C(=O)c2ccc(-c3ccc(F)cc3)cc2)CC1. The topological polar surface area (TPSA) is 37.4 Å². The lowest BCUT2D eigenvalue weighted by atomic mass is 9.88. The molecule has 0 radical (unpaired) electrons. The third-order valence-corrected chi connectivity index (χ3v) is 4.66. The number of nitrogens with zero attached hydrogens (tertiary/aromatic N) is 1. The third-order valence-electron chi connectivity index (χ3n) is 4.66. The van der Waals surface area contributed by atoms with Crippen molar-refractivity contribution in [2.24, 2.45) is 5.92 Å². The predicted molar refractivity (Wildman–Crippen MR) is 91.1 cm³/mol. The van der Waals surface area contributed by atoms with E-state index in [9.17, 15) is 14.0 Å². The van der Waals surface area contributed by atoms with E-state index in [4.69, 9.17) is 0 Å². The lowest BCUT2D eigenvalue weighted by Crippen LogP contribution is -2.39. The van der Waals surface area contributed by atoms with E-state index >= 15 is 0 Å². The van der Waals surface area contributed by atoms with Gasteiger partial charge >= 0.3 is 0 Å². The van der Waals surface area contributed by atoms with Gasteiger partial charge in [0.15, 0.2) is 5.78 Å². The molecule has 1 fully saturated rings. The molecule has 0 unspecified atom stereocenters. The minimum absolute atomic E-state index is 0.0164. The molecule has 0 saturated carbocycles. The van der Waals surface area contributed by atoms with Crippen LogP contribution in [0.5, 0.6) is 0 Å². The van der Waals surface area contributed by atoms with Gasteiger partial charge in [0.1, 0.15) is 5.82 Å². The molecule has 1 heterocycles. The summed E-state index contributed by atoms with van der Waals surface area (Å²) in [6, 6.07) is 13.8. The van der Waals surface area contributed by atoms with E-state index in [1.807, 2.05) is 24.3 Å². The number of hydrogen-bond acceptors (Lipinski definition) is 2. The Morgan fingerprint density at radius 2 is 1.42 bits per heavy atom. The summed E-state index contributed by atoms with van der Waals surface area (Å²) < 4.78 is 13.0. The molecule has 3 nitrogen and oxygen atoms in total. The number of ketones is 1. The fourth-order valence-electron chi connectivity index (χ4n) is 3.16. The number of benzene rings is 2. The second kappa shape index (κ2) is 6.95. The average molecular weight is 325 g/mol. The molecule has 1 aliphatic rings. The lowest BCUT2D eigenvalue weighted by molar-refractivity contribution is -0.130. The van der Waals surface area contributed by atoms with Gasteiger partial charge in [-0.05, 0) is 36.1 Å². The lowest BCUT2D eigenvalue weighted by Gasteiger charge is -2.30. The largest absolute Gasteiger partial charge is 0.343 e. The Labute approximate surface area is 141 Å². The number of carbonyl (C=O) groups is 2. The number of likely N-dealkylation sites (tertiary alicyclic amines) is 1. The van der Waals surface area contributed by atoms with Gasteiger partial charge in [-0.1, -0.05) is 36.4 Å². The van der Waals surface area contributed by atoms with Crippen molar-refractivity contribution in [3.63, 3.8) is 0 Å².